The van der Waals surface area contributed by atoms with Gasteiger partial charge in [-0.15, -0.1) is 0 Å². The van der Waals surface area contributed by atoms with Gasteiger partial charge in [-0.2, -0.15) is 11.8 Å². The standard InChI is InChI=1S/C11H14O5S/c12-8(13)10-4-17-5-11(10,9(14)15)7-3-1-2-6(10)16-7/h6-7H,1-5H2,(H,12,13)(H,14,15). The van der Waals surface area contributed by atoms with E-state index in [1.165, 1.54) is 11.8 Å². The lowest BCUT2D eigenvalue weighted by atomic mass is 9.62. The predicted molar refractivity (Wildman–Crippen MR) is 60.0 cm³/mol. The number of hydrogen-bond donors (Lipinski definition) is 2. The normalized spacial score (nSPS) is 47.8. The lowest BCUT2D eigenvalue weighted by Gasteiger charge is -2.34. The highest BCUT2D eigenvalue weighted by Crippen LogP contribution is 2.64. The lowest BCUT2D eigenvalue weighted by molar-refractivity contribution is -0.167. The molecule has 94 valence electrons. The van der Waals surface area contributed by atoms with Gasteiger partial charge >= 0.3 is 11.9 Å². The average Bonchev–Trinajstić information content (AvgIpc) is 2.77. The van der Waals surface area contributed by atoms with Crippen molar-refractivity contribution in [3.63, 3.8) is 0 Å². The first-order valence-corrected chi connectivity index (χ1v) is 6.91. The minimum Gasteiger partial charge on any atom is -0.481 e. The number of carboxylic acids is 2. The van der Waals surface area contributed by atoms with E-state index in [4.69, 9.17) is 4.74 Å². The SMILES string of the molecule is O=C(O)C12CSCC1(C(=O)O)C1CCCC2O1. The first kappa shape index (κ1) is 11.3. The zero-order valence-corrected chi connectivity index (χ0v) is 10.0. The summed E-state index contributed by atoms with van der Waals surface area (Å²) in [4.78, 5) is 23.4. The van der Waals surface area contributed by atoms with E-state index in [1.54, 1.807) is 0 Å². The van der Waals surface area contributed by atoms with E-state index in [2.05, 4.69) is 0 Å². The second kappa shape index (κ2) is 3.38. The Labute approximate surface area is 103 Å². The van der Waals surface area contributed by atoms with E-state index >= 15 is 0 Å². The molecule has 0 saturated carbocycles. The molecule has 2 bridgehead atoms. The van der Waals surface area contributed by atoms with E-state index < -0.39 is 35.0 Å². The van der Waals surface area contributed by atoms with Crippen molar-refractivity contribution in [2.45, 2.75) is 31.5 Å². The largest absolute Gasteiger partial charge is 0.481 e. The van der Waals surface area contributed by atoms with Crippen molar-refractivity contribution < 1.29 is 24.5 Å². The zero-order chi connectivity index (χ0) is 12.3. The van der Waals surface area contributed by atoms with Crippen LogP contribution in [0.2, 0.25) is 0 Å². The summed E-state index contributed by atoms with van der Waals surface area (Å²) < 4.78 is 5.72. The van der Waals surface area contributed by atoms with Crippen LogP contribution in [-0.4, -0.2) is 45.9 Å². The maximum atomic E-state index is 11.7. The summed E-state index contributed by atoms with van der Waals surface area (Å²) in [5.74, 6) is -1.29. The average molecular weight is 258 g/mol. The molecule has 3 rings (SSSR count). The third-order valence-corrected chi connectivity index (χ3v) is 5.90. The number of ether oxygens (including phenoxy) is 1. The van der Waals surface area contributed by atoms with Gasteiger partial charge in [0.2, 0.25) is 0 Å². The zero-order valence-electron chi connectivity index (χ0n) is 9.22. The molecule has 3 heterocycles. The summed E-state index contributed by atoms with van der Waals surface area (Å²) in [6.07, 6.45) is 1.34. The molecule has 0 radical (unpaired) electrons. The minimum atomic E-state index is -1.22. The van der Waals surface area contributed by atoms with Crippen LogP contribution in [0.4, 0.5) is 0 Å². The molecule has 0 aromatic heterocycles. The molecule has 0 aromatic carbocycles. The van der Waals surface area contributed by atoms with Gasteiger partial charge in [-0.25, -0.2) is 0 Å². The minimum absolute atomic E-state index is 0.357. The molecule has 3 aliphatic heterocycles. The summed E-state index contributed by atoms with van der Waals surface area (Å²) in [5, 5.41) is 19.2. The van der Waals surface area contributed by atoms with Gasteiger partial charge in [0, 0.05) is 11.5 Å². The molecule has 0 aliphatic carbocycles. The fourth-order valence-corrected chi connectivity index (χ4v) is 5.60. The number of rotatable bonds is 2. The summed E-state index contributed by atoms with van der Waals surface area (Å²) in [6.45, 7) is 0. The lowest BCUT2D eigenvalue weighted by Crippen LogP contribution is -2.55. The maximum absolute atomic E-state index is 11.7. The number of aliphatic carboxylic acids is 2. The first-order valence-electron chi connectivity index (χ1n) is 5.76. The molecule has 3 aliphatic rings. The molecular formula is C11H14O5S. The van der Waals surface area contributed by atoms with Crippen LogP contribution in [-0.2, 0) is 14.3 Å². The fourth-order valence-electron chi connectivity index (χ4n) is 3.72. The molecule has 4 unspecified atom stereocenters. The maximum Gasteiger partial charge on any atom is 0.314 e. The Morgan fingerprint density at radius 3 is 1.94 bits per heavy atom. The van der Waals surface area contributed by atoms with Crippen LogP contribution < -0.4 is 0 Å². The van der Waals surface area contributed by atoms with Crippen LogP contribution >= 0.6 is 11.8 Å². The molecule has 17 heavy (non-hydrogen) atoms. The Morgan fingerprint density at radius 1 is 1.06 bits per heavy atom. The van der Waals surface area contributed by atoms with Crippen LogP contribution in [0, 0.1) is 10.8 Å². The topological polar surface area (TPSA) is 83.8 Å². The van der Waals surface area contributed by atoms with Crippen molar-refractivity contribution in [2.24, 2.45) is 10.8 Å². The summed E-state index contributed by atoms with van der Waals surface area (Å²) in [7, 11) is 0. The van der Waals surface area contributed by atoms with E-state index in [0.29, 0.717) is 24.3 Å². The second-order valence-electron chi connectivity index (χ2n) is 5.09. The van der Waals surface area contributed by atoms with Crippen LogP contribution in [0.25, 0.3) is 0 Å². The smallest absolute Gasteiger partial charge is 0.314 e. The number of hydrogen-bond acceptors (Lipinski definition) is 4. The van der Waals surface area contributed by atoms with Gasteiger partial charge in [-0.3, -0.25) is 9.59 Å². The fraction of sp³-hybridized carbons (Fsp3) is 0.818. The van der Waals surface area contributed by atoms with Gasteiger partial charge in [-0.1, -0.05) is 0 Å². The molecule has 0 amide bonds. The Kier molecular flexibility index (Phi) is 2.26. The van der Waals surface area contributed by atoms with Gasteiger partial charge in [0.15, 0.2) is 0 Å². The van der Waals surface area contributed by atoms with Gasteiger partial charge in [-0.05, 0) is 19.3 Å². The van der Waals surface area contributed by atoms with Gasteiger partial charge in [0.1, 0.15) is 10.8 Å². The molecule has 3 saturated heterocycles. The van der Waals surface area contributed by atoms with E-state index in [1.807, 2.05) is 0 Å². The van der Waals surface area contributed by atoms with Crippen molar-refractivity contribution >= 4 is 23.7 Å². The molecule has 5 nitrogen and oxygen atoms in total. The predicted octanol–water partition coefficient (Wildman–Crippen LogP) is 0.827. The third kappa shape index (κ3) is 1.06. The van der Waals surface area contributed by atoms with Crippen molar-refractivity contribution in [1.82, 2.24) is 0 Å². The highest BCUT2D eigenvalue weighted by atomic mass is 32.2. The van der Waals surface area contributed by atoms with Gasteiger partial charge in [0.05, 0.1) is 12.2 Å². The Hall–Kier alpha value is -0.750. The molecule has 0 spiro atoms. The van der Waals surface area contributed by atoms with E-state index in [-0.39, 0.29) is 0 Å². The molecule has 6 heteroatoms. The van der Waals surface area contributed by atoms with Crippen molar-refractivity contribution in [3.8, 4) is 0 Å². The molecule has 0 aromatic rings. The molecular weight excluding hydrogens is 244 g/mol. The summed E-state index contributed by atoms with van der Waals surface area (Å²) in [6, 6.07) is 0. The van der Waals surface area contributed by atoms with Crippen LogP contribution in [0.3, 0.4) is 0 Å². The van der Waals surface area contributed by atoms with E-state index in [9.17, 15) is 19.8 Å². The number of carbonyl (C=O) groups is 2. The quantitative estimate of drug-likeness (QED) is 0.763. The van der Waals surface area contributed by atoms with Crippen LogP contribution in [0.5, 0.6) is 0 Å². The Bertz CT molecular complexity index is 363. The highest BCUT2D eigenvalue weighted by molar-refractivity contribution is 7.99. The first-order chi connectivity index (χ1) is 8.05. The Balaban J connectivity index is 2.20. The second-order valence-corrected chi connectivity index (χ2v) is 6.08. The molecule has 3 fully saturated rings. The number of fused-ring (bicyclic) bond motifs is 5. The highest BCUT2D eigenvalue weighted by Gasteiger charge is 2.77. The Morgan fingerprint density at radius 2 is 1.53 bits per heavy atom. The van der Waals surface area contributed by atoms with Gasteiger partial charge in [0.25, 0.3) is 0 Å². The van der Waals surface area contributed by atoms with Gasteiger partial charge < -0.3 is 14.9 Å². The third-order valence-electron chi connectivity index (χ3n) is 4.58. The number of thioether (sulfide) groups is 1. The summed E-state index contributed by atoms with van der Waals surface area (Å²) >= 11 is 1.44. The number of carboxylic acid groups (broad SMARTS) is 2. The van der Waals surface area contributed by atoms with E-state index in [0.717, 1.165) is 6.42 Å². The van der Waals surface area contributed by atoms with Crippen LogP contribution in [0.1, 0.15) is 19.3 Å². The molecule has 2 N–H and O–H groups in total. The molecule has 4 atom stereocenters. The van der Waals surface area contributed by atoms with Crippen molar-refractivity contribution in [1.29, 1.82) is 0 Å². The summed E-state index contributed by atoms with van der Waals surface area (Å²) in [5.41, 5.74) is -2.44. The van der Waals surface area contributed by atoms with Crippen molar-refractivity contribution in [3.05, 3.63) is 0 Å². The van der Waals surface area contributed by atoms with Crippen LogP contribution in [0.15, 0.2) is 0 Å². The van der Waals surface area contributed by atoms with Crippen molar-refractivity contribution in [2.75, 3.05) is 11.5 Å². The monoisotopic (exact) mass is 258 g/mol.